The number of carbonyl (C=O) groups is 1. The average Bonchev–Trinajstić information content (AvgIpc) is 2.59. The van der Waals surface area contributed by atoms with Crippen molar-refractivity contribution in [2.75, 3.05) is 0 Å². The molecular formula is C22H22O5. The van der Waals surface area contributed by atoms with Crippen molar-refractivity contribution in [1.29, 1.82) is 0 Å². The highest BCUT2D eigenvalue weighted by Crippen LogP contribution is 2.37. The Kier molecular flexibility index (Phi) is 5.04. The Morgan fingerprint density at radius 2 is 1.81 bits per heavy atom. The maximum Gasteiger partial charge on any atom is 0.343 e. The Balaban J connectivity index is 2.26. The van der Waals surface area contributed by atoms with Crippen molar-refractivity contribution < 1.29 is 19.4 Å². The van der Waals surface area contributed by atoms with Gasteiger partial charge in [0.1, 0.15) is 11.3 Å². The second kappa shape index (κ2) is 7.27. The van der Waals surface area contributed by atoms with Crippen LogP contribution in [-0.2, 0) is 11.2 Å². The largest absolute Gasteiger partial charge is 0.507 e. The highest BCUT2D eigenvalue weighted by Gasteiger charge is 2.27. The maximum absolute atomic E-state index is 12.7. The van der Waals surface area contributed by atoms with E-state index in [2.05, 4.69) is 0 Å². The van der Waals surface area contributed by atoms with E-state index in [-0.39, 0.29) is 17.7 Å². The first-order valence-electron chi connectivity index (χ1n) is 8.89. The van der Waals surface area contributed by atoms with Crippen LogP contribution in [0.25, 0.3) is 11.0 Å². The van der Waals surface area contributed by atoms with E-state index in [0.717, 1.165) is 23.1 Å². The van der Waals surface area contributed by atoms with Gasteiger partial charge in [0.05, 0.1) is 17.4 Å². The smallest absolute Gasteiger partial charge is 0.343 e. The molecule has 140 valence electrons. The second-order valence-electron chi connectivity index (χ2n) is 6.85. The summed E-state index contributed by atoms with van der Waals surface area (Å²) in [5, 5.41) is 20.7. The lowest BCUT2D eigenvalue weighted by atomic mass is 9.87. The fraction of sp³-hybridized carbons (Fsp3) is 0.273. The third-order valence-corrected chi connectivity index (χ3v) is 4.88. The molecule has 3 aromatic rings. The summed E-state index contributed by atoms with van der Waals surface area (Å²) in [4.78, 5) is 24.1. The first-order valence-corrected chi connectivity index (χ1v) is 8.89. The Bertz CT molecular complexity index is 1060. The molecule has 0 aliphatic heterocycles. The lowest BCUT2D eigenvalue weighted by molar-refractivity contribution is -0.137. The van der Waals surface area contributed by atoms with Crippen LogP contribution >= 0.6 is 0 Å². The number of carboxylic acids is 1. The van der Waals surface area contributed by atoms with Crippen molar-refractivity contribution in [2.24, 2.45) is 0 Å². The summed E-state index contributed by atoms with van der Waals surface area (Å²) in [7, 11) is 0. The maximum atomic E-state index is 12.7. The zero-order valence-electron chi connectivity index (χ0n) is 15.6. The van der Waals surface area contributed by atoms with Gasteiger partial charge in [-0.05, 0) is 48.6 Å². The van der Waals surface area contributed by atoms with Gasteiger partial charge >= 0.3 is 11.6 Å². The molecule has 27 heavy (non-hydrogen) atoms. The molecule has 5 nitrogen and oxygen atoms in total. The molecule has 2 N–H and O–H groups in total. The van der Waals surface area contributed by atoms with E-state index in [1.54, 1.807) is 18.2 Å². The highest BCUT2D eigenvalue weighted by molar-refractivity contribution is 5.88. The van der Waals surface area contributed by atoms with Gasteiger partial charge in [-0.15, -0.1) is 0 Å². The summed E-state index contributed by atoms with van der Waals surface area (Å²) >= 11 is 0. The van der Waals surface area contributed by atoms with Gasteiger partial charge in [0.15, 0.2) is 0 Å². The number of hydrogen-bond acceptors (Lipinski definition) is 4. The Labute approximate surface area is 156 Å². The number of carboxylic acid groups (broad SMARTS) is 1. The van der Waals surface area contributed by atoms with Crippen LogP contribution < -0.4 is 5.63 Å². The zero-order valence-corrected chi connectivity index (χ0v) is 15.6. The van der Waals surface area contributed by atoms with Crippen LogP contribution in [0.4, 0.5) is 0 Å². The van der Waals surface area contributed by atoms with E-state index in [1.807, 2.05) is 39.0 Å². The first-order chi connectivity index (χ1) is 12.8. The average molecular weight is 366 g/mol. The summed E-state index contributed by atoms with van der Waals surface area (Å²) in [6.07, 6.45) is 0.534. The van der Waals surface area contributed by atoms with Gasteiger partial charge < -0.3 is 14.6 Å². The van der Waals surface area contributed by atoms with Crippen molar-refractivity contribution in [3.05, 3.63) is 74.6 Å². The highest BCUT2D eigenvalue weighted by atomic mass is 16.4. The number of benzene rings is 2. The molecule has 0 fully saturated rings. The molecule has 0 spiro atoms. The van der Waals surface area contributed by atoms with Crippen LogP contribution in [0.2, 0.25) is 0 Å². The molecule has 1 atom stereocenters. The standard InChI is InChI=1S/C22H22O5/c1-4-14-5-7-15(8-6-14)16(11-18(23)24)20-21(25)19-13(3)9-12(2)10-17(19)27-22(20)26/h5-10,16,25H,4,11H2,1-3H3,(H,23,24). The Hall–Kier alpha value is -3.08. The molecule has 3 rings (SSSR count). The van der Waals surface area contributed by atoms with Gasteiger partial charge in [-0.2, -0.15) is 0 Å². The van der Waals surface area contributed by atoms with E-state index in [4.69, 9.17) is 4.42 Å². The van der Waals surface area contributed by atoms with Gasteiger partial charge in [0.25, 0.3) is 0 Å². The molecule has 0 saturated carbocycles. The van der Waals surface area contributed by atoms with E-state index >= 15 is 0 Å². The topological polar surface area (TPSA) is 87.7 Å². The molecule has 0 radical (unpaired) electrons. The van der Waals surface area contributed by atoms with Crippen LogP contribution in [0.3, 0.4) is 0 Å². The van der Waals surface area contributed by atoms with Crippen molar-refractivity contribution in [2.45, 2.75) is 39.5 Å². The summed E-state index contributed by atoms with van der Waals surface area (Å²) in [6, 6.07) is 11.0. The quantitative estimate of drug-likeness (QED) is 0.658. The van der Waals surface area contributed by atoms with Crippen LogP contribution in [0.15, 0.2) is 45.6 Å². The first kappa shape index (κ1) is 18.7. The predicted molar refractivity (Wildman–Crippen MR) is 104 cm³/mol. The van der Waals surface area contributed by atoms with Crippen molar-refractivity contribution >= 4 is 16.9 Å². The number of aryl methyl sites for hydroxylation is 3. The summed E-state index contributed by atoms with van der Waals surface area (Å²) < 4.78 is 5.46. The summed E-state index contributed by atoms with van der Waals surface area (Å²) in [5.74, 6) is -2.06. The van der Waals surface area contributed by atoms with Crippen molar-refractivity contribution in [3.8, 4) is 5.75 Å². The number of rotatable bonds is 5. The van der Waals surface area contributed by atoms with Crippen molar-refractivity contribution in [1.82, 2.24) is 0 Å². The third kappa shape index (κ3) is 3.58. The molecule has 1 unspecified atom stereocenters. The van der Waals surface area contributed by atoms with E-state index in [9.17, 15) is 19.8 Å². The lowest BCUT2D eigenvalue weighted by Crippen LogP contribution is -2.17. The fourth-order valence-electron chi connectivity index (χ4n) is 3.55. The molecule has 0 amide bonds. The van der Waals surface area contributed by atoms with Gasteiger partial charge in [-0.3, -0.25) is 4.79 Å². The number of aromatic hydroxyl groups is 1. The molecule has 5 heteroatoms. The van der Waals surface area contributed by atoms with E-state index in [1.165, 1.54) is 0 Å². The van der Waals surface area contributed by atoms with Crippen LogP contribution in [0.5, 0.6) is 5.75 Å². The zero-order chi connectivity index (χ0) is 19.7. The molecule has 2 aromatic carbocycles. The van der Waals surface area contributed by atoms with E-state index in [0.29, 0.717) is 16.5 Å². The molecule has 0 bridgehead atoms. The van der Waals surface area contributed by atoms with E-state index < -0.39 is 17.5 Å². The molecule has 0 aliphatic rings. The van der Waals surface area contributed by atoms with Crippen LogP contribution in [-0.4, -0.2) is 16.2 Å². The second-order valence-corrected chi connectivity index (χ2v) is 6.85. The fourth-order valence-corrected chi connectivity index (χ4v) is 3.55. The number of aliphatic carboxylic acids is 1. The monoisotopic (exact) mass is 366 g/mol. The third-order valence-electron chi connectivity index (χ3n) is 4.88. The summed E-state index contributed by atoms with van der Waals surface area (Å²) in [5.41, 5.74) is 3.01. The predicted octanol–water partition coefficient (Wildman–Crippen LogP) is 4.28. The van der Waals surface area contributed by atoms with Gasteiger partial charge in [0, 0.05) is 5.92 Å². The minimum Gasteiger partial charge on any atom is -0.507 e. The minimum absolute atomic E-state index is 0.0129. The SMILES string of the molecule is CCc1ccc(C(CC(=O)O)c2c(O)c3c(C)cc(C)cc3oc2=O)cc1. The van der Waals surface area contributed by atoms with Crippen LogP contribution in [0, 0.1) is 13.8 Å². The minimum atomic E-state index is -1.06. The van der Waals surface area contributed by atoms with Gasteiger partial charge in [0.2, 0.25) is 0 Å². The number of hydrogen-bond donors (Lipinski definition) is 2. The normalized spacial score (nSPS) is 12.3. The van der Waals surface area contributed by atoms with Crippen molar-refractivity contribution in [3.63, 3.8) is 0 Å². The molecule has 1 aromatic heterocycles. The Morgan fingerprint density at radius 1 is 1.15 bits per heavy atom. The van der Waals surface area contributed by atoms with Gasteiger partial charge in [-0.25, -0.2) is 4.79 Å². The lowest BCUT2D eigenvalue weighted by Gasteiger charge is -2.18. The molecular weight excluding hydrogens is 344 g/mol. The number of fused-ring (bicyclic) bond motifs is 1. The molecule has 0 aliphatic carbocycles. The van der Waals surface area contributed by atoms with Crippen LogP contribution in [0.1, 0.15) is 47.1 Å². The molecule has 1 heterocycles. The Morgan fingerprint density at radius 3 is 2.41 bits per heavy atom. The van der Waals surface area contributed by atoms with Gasteiger partial charge in [-0.1, -0.05) is 37.3 Å². The summed E-state index contributed by atoms with van der Waals surface area (Å²) in [6.45, 7) is 5.72. The molecule has 0 saturated heterocycles.